The molecule has 0 aliphatic heterocycles. The van der Waals surface area contributed by atoms with Gasteiger partial charge in [-0.05, 0) is 18.9 Å². The topological polar surface area (TPSA) is 34.9 Å². The number of hydrogen-bond donors (Lipinski definition) is 0. The molecule has 0 radical (unpaired) electrons. The molecule has 84 valence electrons. The van der Waals surface area contributed by atoms with Gasteiger partial charge < -0.3 is 0 Å². The number of aldehydes is 1. The van der Waals surface area contributed by atoms with Crippen LogP contribution in [0.15, 0.2) is 19.2 Å². The van der Waals surface area contributed by atoms with Crippen LogP contribution in [-0.4, -0.2) is 15.8 Å². The Hall–Kier alpha value is -1.64. The van der Waals surface area contributed by atoms with E-state index in [1.165, 1.54) is 0 Å². The second-order valence-corrected chi connectivity index (χ2v) is 4.08. The van der Waals surface area contributed by atoms with Gasteiger partial charge in [0.15, 0.2) is 6.29 Å². The lowest BCUT2D eigenvalue weighted by atomic mass is 10.2. The molecule has 0 bridgehead atoms. The van der Waals surface area contributed by atoms with Gasteiger partial charge in [0.2, 0.25) is 0 Å². The van der Waals surface area contributed by atoms with E-state index in [0.29, 0.717) is 11.6 Å². The summed E-state index contributed by atoms with van der Waals surface area (Å²) in [5, 5.41) is 0. The fraction of sp³-hybridized carbons (Fsp3) is 0.385. The highest BCUT2D eigenvalue weighted by Gasteiger charge is 2.31. The number of allylic oxidation sites excluding steroid dienone is 2. The van der Waals surface area contributed by atoms with Crippen molar-refractivity contribution >= 4 is 12.0 Å². The number of carbonyl (C=O) groups excluding carboxylic acids is 1. The third kappa shape index (κ3) is 1.62. The lowest BCUT2D eigenvalue weighted by Crippen LogP contribution is -2.04. The molecule has 0 unspecified atom stereocenters. The monoisotopic (exact) mass is 216 g/mol. The van der Waals surface area contributed by atoms with Gasteiger partial charge in [0, 0.05) is 18.0 Å². The van der Waals surface area contributed by atoms with E-state index in [1.54, 1.807) is 6.08 Å². The minimum absolute atomic E-state index is 0.476. The van der Waals surface area contributed by atoms with E-state index >= 15 is 0 Å². The fourth-order valence-electron chi connectivity index (χ4n) is 1.92. The van der Waals surface area contributed by atoms with Crippen molar-refractivity contribution in [3.05, 3.63) is 36.4 Å². The minimum atomic E-state index is 0.476. The number of hydrogen-bond acceptors (Lipinski definition) is 2. The highest BCUT2D eigenvalue weighted by Crippen LogP contribution is 2.41. The molecule has 1 aromatic rings. The fourth-order valence-corrected chi connectivity index (χ4v) is 1.92. The Morgan fingerprint density at radius 1 is 1.62 bits per heavy atom. The lowest BCUT2D eigenvalue weighted by molar-refractivity contribution is 0.111. The van der Waals surface area contributed by atoms with Gasteiger partial charge in [0.05, 0.1) is 5.69 Å². The van der Waals surface area contributed by atoms with Gasteiger partial charge in [-0.1, -0.05) is 20.1 Å². The van der Waals surface area contributed by atoms with Crippen LogP contribution in [0.4, 0.5) is 0 Å². The Bertz CT molecular complexity index is 453. The summed E-state index contributed by atoms with van der Waals surface area (Å²) in [5.74, 6) is 1.37. The molecule has 3 heteroatoms. The average Bonchev–Trinajstić information content (AvgIpc) is 3.08. The van der Waals surface area contributed by atoms with Crippen LogP contribution < -0.4 is 0 Å². The van der Waals surface area contributed by atoms with Gasteiger partial charge in [-0.3, -0.25) is 9.36 Å². The first-order valence-corrected chi connectivity index (χ1v) is 5.61. The zero-order chi connectivity index (χ0) is 11.7. The van der Waals surface area contributed by atoms with Crippen LogP contribution in [0.1, 0.15) is 47.7 Å². The SMILES string of the molecule is C=CC(=C)n1c(CC)nc(C2CC2)c1C=O. The molecule has 0 aromatic carbocycles. The van der Waals surface area contributed by atoms with Crippen molar-refractivity contribution in [1.29, 1.82) is 0 Å². The smallest absolute Gasteiger partial charge is 0.168 e. The zero-order valence-corrected chi connectivity index (χ0v) is 9.57. The summed E-state index contributed by atoms with van der Waals surface area (Å²) in [6, 6.07) is 0. The molecule has 0 amide bonds. The molecule has 0 saturated heterocycles. The number of aryl methyl sites for hydroxylation is 1. The van der Waals surface area contributed by atoms with Crippen molar-refractivity contribution in [1.82, 2.24) is 9.55 Å². The van der Waals surface area contributed by atoms with E-state index in [9.17, 15) is 4.79 Å². The maximum Gasteiger partial charge on any atom is 0.168 e. The molecule has 1 aliphatic rings. The molecular weight excluding hydrogens is 200 g/mol. The molecule has 0 atom stereocenters. The lowest BCUT2D eigenvalue weighted by Gasteiger charge is -2.07. The van der Waals surface area contributed by atoms with E-state index in [-0.39, 0.29) is 0 Å². The predicted octanol–water partition coefficient (Wildman–Crippen LogP) is 2.79. The first kappa shape index (κ1) is 10.9. The van der Waals surface area contributed by atoms with Crippen molar-refractivity contribution in [2.24, 2.45) is 0 Å². The first-order chi connectivity index (χ1) is 7.72. The summed E-state index contributed by atoms with van der Waals surface area (Å²) in [4.78, 5) is 15.7. The maximum atomic E-state index is 11.2. The quantitative estimate of drug-likeness (QED) is 0.560. The van der Waals surface area contributed by atoms with Crippen LogP contribution in [0.3, 0.4) is 0 Å². The zero-order valence-electron chi connectivity index (χ0n) is 9.57. The number of carbonyl (C=O) groups is 1. The molecular formula is C13H16N2O. The largest absolute Gasteiger partial charge is 0.296 e. The van der Waals surface area contributed by atoms with Crippen LogP contribution >= 0.6 is 0 Å². The van der Waals surface area contributed by atoms with Gasteiger partial charge >= 0.3 is 0 Å². The van der Waals surface area contributed by atoms with Gasteiger partial charge in [-0.2, -0.15) is 0 Å². The Kier molecular flexibility index (Phi) is 2.77. The van der Waals surface area contributed by atoms with Gasteiger partial charge in [-0.15, -0.1) is 0 Å². The number of imidazole rings is 1. The third-order valence-electron chi connectivity index (χ3n) is 2.93. The third-order valence-corrected chi connectivity index (χ3v) is 2.93. The van der Waals surface area contributed by atoms with Crippen LogP contribution in [-0.2, 0) is 6.42 Å². The Morgan fingerprint density at radius 2 is 2.31 bits per heavy atom. The molecule has 1 aromatic heterocycles. The van der Waals surface area contributed by atoms with Gasteiger partial charge in [0.1, 0.15) is 11.5 Å². The van der Waals surface area contributed by atoms with Crippen molar-refractivity contribution in [3.8, 4) is 0 Å². The van der Waals surface area contributed by atoms with Crippen LogP contribution in [0.5, 0.6) is 0 Å². The van der Waals surface area contributed by atoms with Gasteiger partial charge in [-0.25, -0.2) is 4.98 Å². The average molecular weight is 216 g/mol. The highest BCUT2D eigenvalue weighted by atomic mass is 16.1. The maximum absolute atomic E-state index is 11.2. The summed E-state index contributed by atoms with van der Waals surface area (Å²) >= 11 is 0. The predicted molar refractivity (Wildman–Crippen MR) is 64.5 cm³/mol. The summed E-state index contributed by atoms with van der Waals surface area (Å²) in [6.45, 7) is 9.62. The molecule has 16 heavy (non-hydrogen) atoms. The molecule has 2 rings (SSSR count). The Morgan fingerprint density at radius 3 is 2.75 bits per heavy atom. The van der Waals surface area contributed by atoms with E-state index in [4.69, 9.17) is 0 Å². The van der Waals surface area contributed by atoms with E-state index in [2.05, 4.69) is 18.1 Å². The normalized spacial score (nSPS) is 14.8. The number of nitrogens with zero attached hydrogens (tertiary/aromatic N) is 2. The van der Waals surface area contributed by atoms with Crippen LogP contribution in [0, 0.1) is 0 Å². The minimum Gasteiger partial charge on any atom is -0.296 e. The number of aromatic nitrogens is 2. The summed E-state index contributed by atoms with van der Waals surface area (Å²) in [7, 11) is 0. The highest BCUT2D eigenvalue weighted by molar-refractivity contribution is 5.78. The van der Waals surface area contributed by atoms with E-state index < -0.39 is 0 Å². The van der Waals surface area contributed by atoms with Crippen LogP contribution in [0.25, 0.3) is 5.70 Å². The number of rotatable bonds is 5. The van der Waals surface area contributed by atoms with Crippen molar-refractivity contribution in [2.45, 2.75) is 32.1 Å². The molecule has 1 saturated carbocycles. The molecule has 1 heterocycles. The van der Waals surface area contributed by atoms with Crippen molar-refractivity contribution in [2.75, 3.05) is 0 Å². The van der Waals surface area contributed by atoms with E-state index in [1.807, 2.05) is 11.5 Å². The summed E-state index contributed by atoms with van der Waals surface area (Å²) < 4.78 is 1.83. The second-order valence-electron chi connectivity index (χ2n) is 4.08. The molecule has 1 fully saturated rings. The molecule has 0 N–H and O–H groups in total. The second kappa shape index (κ2) is 4.08. The molecule has 0 spiro atoms. The van der Waals surface area contributed by atoms with Crippen LogP contribution in [0.2, 0.25) is 0 Å². The first-order valence-electron chi connectivity index (χ1n) is 5.61. The van der Waals surface area contributed by atoms with Gasteiger partial charge in [0.25, 0.3) is 0 Å². The Labute approximate surface area is 95.5 Å². The standard InChI is InChI=1S/C13H16N2O/c1-4-9(3)15-11(8-16)13(10-6-7-10)14-12(15)5-2/h4,8,10H,1,3,5-7H2,2H3. The Balaban J connectivity index is 2.57. The van der Waals surface area contributed by atoms with Crippen molar-refractivity contribution in [3.63, 3.8) is 0 Å². The van der Waals surface area contributed by atoms with E-state index in [0.717, 1.165) is 42.8 Å². The molecule has 1 aliphatic carbocycles. The van der Waals surface area contributed by atoms with Crippen molar-refractivity contribution < 1.29 is 4.79 Å². The summed E-state index contributed by atoms with van der Waals surface area (Å²) in [6.07, 6.45) is 5.61. The molecule has 3 nitrogen and oxygen atoms in total. The summed E-state index contributed by atoms with van der Waals surface area (Å²) in [5.41, 5.74) is 2.32.